The lowest BCUT2D eigenvalue weighted by Gasteiger charge is -2.35. The predicted octanol–water partition coefficient (Wildman–Crippen LogP) is -1.71. The Kier molecular flexibility index (Phi) is 3.15. The number of nitrogens with one attached hydrogen (secondary N) is 1. The minimum absolute atomic E-state index is 0.114. The number of urea groups is 1. The highest BCUT2D eigenvalue weighted by Gasteiger charge is 2.48. The lowest BCUT2D eigenvalue weighted by molar-refractivity contribution is -0.498. The molecule has 2 heterocycles. The van der Waals surface area contributed by atoms with Gasteiger partial charge in [0.1, 0.15) is 6.67 Å². The van der Waals surface area contributed by atoms with Gasteiger partial charge in [0.2, 0.25) is 5.91 Å². The second-order valence-electron chi connectivity index (χ2n) is 4.59. The molecule has 0 radical (unpaired) electrons. The summed E-state index contributed by atoms with van der Waals surface area (Å²) in [6.07, 6.45) is 1.06. The van der Waals surface area contributed by atoms with E-state index in [0.29, 0.717) is 13.2 Å². The molecule has 0 saturated carbocycles. The number of imide groups is 1. The summed E-state index contributed by atoms with van der Waals surface area (Å²) >= 11 is 0. The molecule has 1 fully saturated rings. The molecule has 1 unspecified atom stereocenters. The first-order valence-electron chi connectivity index (χ1n) is 5.94. The van der Waals surface area contributed by atoms with Gasteiger partial charge in [-0.3, -0.25) is 14.7 Å². The molecular weight excluding hydrogens is 220 g/mol. The van der Waals surface area contributed by atoms with Crippen molar-refractivity contribution in [2.24, 2.45) is 5.92 Å². The van der Waals surface area contributed by atoms with Crippen LogP contribution in [0.4, 0.5) is 4.79 Å². The van der Waals surface area contributed by atoms with Gasteiger partial charge < -0.3 is 0 Å². The molecule has 3 amide bonds. The van der Waals surface area contributed by atoms with Crippen LogP contribution in [-0.4, -0.2) is 66.3 Å². The highest BCUT2D eigenvalue weighted by Crippen LogP contribution is 2.16. The minimum atomic E-state index is -0.266. The molecule has 2 aliphatic rings. The number of nitrogens with zero attached hydrogens (tertiary/aromatic N) is 3. The van der Waals surface area contributed by atoms with Gasteiger partial charge in [-0.2, -0.15) is 4.90 Å². The monoisotopic (exact) mass is 239 g/mol. The summed E-state index contributed by atoms with van der Waals surface area (Å²) in [5.41, 5.74) is 0. The fraction of sp³-hybridized carbons (Fsp3) is 0.727. The third-order valence-electron chi connectivity index (χ3n) is 3.36. The van der Waals surface area contributed by atoms with E-state index in [1.807, 2.05) is 0 Å². The molecule has 1 atom stereocenters. The maximum Gasteiger partial charge on any atom is 0.417 e. The number of hydrogen-bond acceptors (Lipinski definition) is 3. The first-order valence-corrected chi connectivity index (χ1v) is 5.94. The van der Waals surface area contributed by atoms with Crippen LogP contribution in [0.1, 0.15) is 13.3 Å². The number of rotatable bonds is 2. The molecule has 1 saturated heterocycles. The van der Waals surface area contributed by atoms with Gasteiger partial charge in [-0.25, -0.2) is 9.69 Å². The molecule has 0 aromatic heterocycles. The molecule has 6 heteroatoms. The maximum atomic E-state index is 12.1. The molecular formula is C11H19N4O2+. The molecule has 0 aromatic carbocycles. The van der Waals surface area contributed by atoms with E-state index in [4.69, 9.17) is 0 Å². The summed E-state index contributed by atoms with van der Waals surface area (Å²) in [5, 5.41) is 0. The van der Waals surface area contributed by atoms with E-state index < -0.39 is 0 Å². The van der Waals surface area contributed by atoms with Crippen LogP contribution in [-0.2, 0) is 4.79 Å². The van der Waals surface area contributed by atoms with Crippen LogP contribution >= 0.6 is 0 Å². The largest absolute Gasteiger partial charge is 0.417 e. The Hall–Kier alpha value is -1.43. The van der Waals surface area contributed by atoms with Crippen molar-refractivity contribution in [3.63, 3.8) is 0 Å². The van der Waals surface area contributed by atoms with E-state index in [1.165, 1.54) is 16.8 Å². The van der Waals surface area contributed by atoms with Crippen molar-refractivity contribution in [2.45, 2.75) is 13.3 Å². The molecule has 1 N–H and O–H groups in total. The van der Waals surface area contributed by atoms with Gasteiger partial charge in [-0.15, -0.1) is 0 Å². The Balaban J connectivity index is 2.24. The Labute approximate surface area is 101 Å². The fourth-order valence-corrected chi connectivity index (χ4v) is 2.42. The summed E-state index contributed by atoms with van der Waals surface area (Å²) in [6, 6.07) is -0.266. The Bertz CT molecular complexity index is 380. The van der Waals surface area contributed by atoms with Crippen molar-refractivity contribution in [1.82, 2.24) is 14.7 Å². The second kappa shape index (κ2) is 4.44. The molecule has 0 aliphatic carbocycles. The molecule has 2 aliphatic heterocycles. The van der Waals surface area contributed by atoms with E-state index >= 15 is 0 Å². The SMILES string of the molecule is CCCN1C[NH+]=C2C(C1)C(=O)N(C)C(=O)N2C. The minimum Gasteiger partial charge on any atom is -0.273 e. The molecule has 0 bridgehead atoms. The van der Waals surface area contributed by atoms with Gasteiger partial charge in [-0.1, -0.05) is 6.92 Å². The summed E-state index contributed by atoms with van der Waals surface area (Å²) in [7, 11) is 3.24. The van der Waals surface area contributed by atoms with Gasteiger partial charge in [0, 0.05) is 20.1 Å². The van der Waals surface area contributed by atoms with E-state index in [1.54, 1.807) is 7.05 Å². The van der Waals surface area contributed by atoms with Gasteiger partial charge in [0.25, 0.3) is 5.84 Å². The quantitative estimate of drug-likeness (QED) is 0.624. The van der Waals surface area contributed by atoms with Crippen LogP contribution in [0.15, 0.2) is 0 Å². The highest BCUT2D eigenvalue weighted by molar-refractivity contribution is 6.16. The van der Waals surface area contributed by atoms with Crippen molar-refractivity contribution in [3.05, 3.63) is 0 Å². The molecule has 94 valence electrons. The number of amides is 3. The zero-order valence-corrected chi connectivity index (χ0v) is 10.6. The Morgan fingerprint density at radius 1 is 1.29 bits per heavy atom. The first-order chi connectivity index (χ1) is 8.06. The third kappa shape index (κ3) is 1.93. The van der Waals surface area contributed by atoms with Gasteiger partial charge in [0.05, 0.1) is 7.05 Å². The van der Waals surface area contributed by atoms with Crippen LogP contribution in [0.2, 0.25) is 0 Å². The number of amidine groups is 1. The van der Waals surface area contributed by atoms with E-state index in [2.05, 4.69) is 16.8 Å². The van der Waals surface area contributed by atoms with Crippen molar-refractivity contribution in [1.29, 1.82) is 0 Å². The van der Waals surface area contributed by atoms with Crippen molar-refractivity contribution >= 4 is 17.8 Å². The van der Waals surface area contributed by atoms with Gasteiger partial charge in [0.15, 0.2) is 5.92 Å². The van der Waals surface area contributed by atoms with E-state index in [0.717, 1.165) is 18.8 Å². The van der Waals surface area contributed by atoms with Crippen LogP contribution in [0.25, 0.3) is 0 Å². The van der Waals surface area contributed by atoms with E-state index in [9.17, 15) is 9.59 Å². The lowest BCUT2D eigenvalue weighted by atomic mass is 10.0. The summed E-state index contributed by atoms with van der Waals surface area (Å²) < 4.78 is 0. The van der Waals surface area contributed by atoms with Crippen LogP contribution < -0.4 is 4.99 Å². The van der Waals surface area contributed by atoms with Gasteiger partial charge in [-0.05, 0) is 6.42 Å². The van der Waals surface area contributed by atoms with E-state index in [-0.39, 0.29) is 17.9 Å². The number of carbonyl (C=O) groups excluding carboxylic acids is 2. The number of hydrogen-bond donors (Lipinski definition) is 1. The molecule has 2 rings (SSSR count). The fourth-order valence-electron chi connectivity index (χ4n) is 2.42. The molecule has 6 nitrogen and oxygen atoms in total. The lowest BCUT2D eigenvalue weighted by Crippen LogP contribution is -2.87. The van der Waals surface area contributed by atoms with Crippen LogP contribution in [0.5, 0.6) is 0 Å². The molecule has 17 heavy (non-hydrogen) atoms. The first kappa shape index (κ1) is 12.0. The number of fused-ring (bicyclic) bond motifs is 1. The van der Waals surface area contributed by atoms with Crippen molar-refractivity contribution in [2.75, 3.05) is 33.9 Å². The van der Waals surface area contributed by atoms with Crippen molar-refractivity contribution < 1.29 is 14.6 Å². The smallest absolute Gasteiger partial charge is 0.273 e. The topological polar surface area (TPSA) is 57.8 Å². The normalized spacial score (nSPS) is 26.1. The van der Waals surface area contributed by atoms with Gasteiger partial charge >= 0.3 is 6.03 Å². The molecule has 0 aromatic rings. The zero-order chi connectivity index (χ0) is 12.6. The molecule has 0 spiro atoms. The summed E-state index contributed by atoms with van der Waals surface area (Å²) in [4.78, 5) is 31.9. The Morgan fingerprint density at radius 2 is 2.00 bits per heavy atom. The number of carbonyl (C=O) groups is 2. The summed E-state index contributed by atoms with van der Waals surface area (Å²) in [6.45, 7) is 4.47. The average Bonchev–Trinajstić information content (AvgIpc) is 2.34. The second-order valence-corrected chi connectivity index (χ2v) is 4.59. The zero-order valence-electron chi connectivity index (χ0n) is 10.6. The Morgan fingerprint density at radius 3 is 2.65 bits per heavy atom. The average molecular weight is 239 g/mol. The standard InChI is InChI=1S/C11H18N4O2/c1-4-5-15-6-8-9(12-7-15)13(2)11(17)14(3)10(8)16/h8H,4-7H2,1-3H3/p+1. The van der Waals surface area contributed by atoms with Crippen LogP contribution in [0.3, 0.4) is 0 Å². The summed E-state index contributed by atoms with van der Waals surface area (Å²) in [5.74, 6) is 0.393. The van der Waals surface area contributed by atoms with Crippen LogP contribution in [0, 0.1) is 5.92 Å². The highest BCUT2D eigenvalue weighted by atomic mass is 16.2. The third-order valence-corrected chi connectivity index (χ3v) is 3.36. The predicted molar refractivity (Wildman–Crippen MR) is 62.1 cm³/mol. The van der Waals surface area contributed by atoms with Crippen molar-refractivity contribution in [3.8, 4) is 0 Å². The maximum absolute atomic E-state index is 12.1.